The van der Waals surface area contributed by atoms with E-state index >= 15 is 0 Å². The van der Waals surface area contributed by atoms with E-state index in [1.165, 1.54) is 5.69 Å². The number of hydrogen-bond acceptors (Lipinski definition) is 4. The van der Waals surface area contributed by atoms with Crippen molar-refractivity contribution in [2.45, 2.75) is 25.9 Å². The summed E-state index contributed by atoms with van der Waals surface area (Å²) in [4.78, 5) is 29.8. The highest BCUT2D eigenvalue weighted by Crippen LogP contribution is 2.19. The lowest BCUT2D eigenvalue weighted by Crippen LogP contribution is -2.44. The molecule has 0 radical (unpaired) electrons. The number of nitrogens with zero attached hydrogens (tertiary/aromatic N) is 2. The van der Waals surface area contributed by atoms with Gasteiger partial charge in [-0.1, -0.05) is 30.3 Å². The van der Waals surface area contributed by atoms with Crippen molar-refractivity contribution in [3.05, 3.63) is 65.7 Å². The number of para-hydroxylation sites is 1. The molecule has 0 saturated carbocycles. The number of primary amides is 1. The number of rotatable bonds is 8. The van der Waals surface area contributed by atoms with E-state index in [2.05, 4.69) is 45.1 Å². The number of nitrogens with one attached hydrogen (secondary N) is 3. The van der Waals surface area contributed by atoms with Crippen LogP contribution in [0.1, 0.15) is 29.3 Å². The first kappa shape index (κ1) is 25.4. The van der Waals surface area contributed by atoms with Gasteiger partial charge in [0.1, 0.15) is 0 Å². The topological polar surface area (TPSA) is 112 Å². The normalized spacial score (nSPS) is 15.6. The number of amides is 2. The van der Waals surface area contributed by atoms with Gasteiger partial charge in [-0.3, -0.25) is 9.59 Å². The van der Waals surface area contributed by atoms with Crippen LogP contribution in [-0.2, 0) is 11.3 Å². The molecule has 5 N–H and O–H groups in total. The van der Waals surface area contributed by atoms with Gasteiger partial charge in [0.25, 0.3) is 5.91 Å². The fourth-order valence-electron chi connectivity index (χ4n) is 3.47. The standard InChI is InChI=1S/C23H30N6O2.HI/c1-2-25-23(28-19-12-13-29(16-19)20-6-4-3-5-7-20)27-14-17-8-10-18(11-9-17)22(31)26-15-21(24)30;/h3-11,19H,2,12-16H2,1H3,(H2,24,30)(H,26,31)(H2,25,27,28);1H. The Hall–Kier alpha value is -2.82. The Balaban J connectivity index is 0.00000363. The molecule has 1 heterocycles. The van der Waals surface area contributed by atoms with Gasteiger partial charge in [-0.25, -0.2) is 4.99 Å². The van der Waals surface area contributed by atoms with Crippen molar-refractivity contribution in [1.82, 2.24) is 16.0 Å². The van der Waals surface area contributed by atoms with Gasteiger partial charge in [-0.2, -0.15) is 0 Å². The van der Waals surface area contributed by atoms with Crippen molar-refractivity contribution < 1.29 is 9.59 Å². The molecular weight excluding hydrogens is 519 g/mol. The highest BCUT2D eigenvalue weighted by atomic mass is 127. The first-order chi connectivity index (χ1) is 15.0. The molecular formula is C23H31IN6O2. The zero-order chi connectivity index (χ0) is 22.1. The summed E-state index contributed by atoms with van der Waals surface area (Å²) in [7, 11) is 0. The predicted octanol–water partition coefficient (Wildman–Crippen LogP) is 1.85. The summed E-state index contributed by atoms with van der Waals surface area (Å²) in [5.74, 6) is -0.115. The van der Waals surface area contributed by atoms with E-state index in [9.17, 15) is 9.59 Å². The second kappa shape index (κ2) is 12.9. The van der Waals surface area contributed by atoms with Crippen molar-refractivity contribution in [2.75, 3.05) is 31.1 Å². The summed E-state index contributed by atoms with van der Waals surface area (Å²) >= 11 is 0. The van der Waals surface area contributed by atoms with Crippen LogP contribution >= 0.6 is 24.0 Å². The second-order valence-electron chi connectivity index (χ2n) is 7.45. The van der Waals surface area contributed by atoms with E-state index in [0.717, 1.165) is 37.6 Å². The SMILES string of the molecule is CCNC(=NCc1ccc(C(=O)NCC(N)=O)cc1)NC1CCN(c2ccccc2)C1.I. The molecule has 3 rings (SSSR count). The van der Waals surface area contributed by atoms with Crippen LogP contribution in [0, 0.1) is 0 Å². The minimum atomic E-state index is -0.572. The van der Waals surface area contributed by atoms with E-state index in [-0.39, 0.29) is 36.4 Å². The van der Waals surface area contributed by atoms with Crippen LogP contribution in [0.3, 0.4) is 0 Å². The van der Waals surface area contributed by atoms with Crippen molar-refractivity contribution in [1.29, 1.82) is 0 Å². The molecule has 0 aliphatic carbocycles. The van der Waals surface area contributed by atoms with Crippen molar-refractivity contribution >= 4 is 47.4 Å². The second-order valence-corrected chi connectivity index (χ2v) is 7.45. The summed E-state index contributed by atoms with van der Waals surface area (Å²) in [6.07, 6.45) is 1.05. The molecule has 1 aliphatic heterocycles. The largest absolute Gasteiger partial charge is 0.369 e. The van der Waals surface area contributed by atoms with Gasteiger partial charge in [0.15, 0.2) is 5.96 Å². The molecule has 0 aromatic heterocycles. The lowest BCUT2D eigenvalue weighted by molar-refractivity contribution is -0.117. The van der Waals surface area contributed by atoms with Gasteiger partial charge in [0.05, 0.1) is 13.1 Å². The van der Waals surface area contributed by atoms with E-state index in [4.69, 9.17) is 10.7 Å². The third kappa shape index (κ3) is 7.70. The number of nitrogens with two attached hydrogens (primary N) is 1. The molecule has 0 spiro atoms. The first-order valence-corrected chi connectivity index (χ1v) is 10.6. The molecule has 1 unspecified atom stereocenters. The lowest BCUT2D eigenvalue weighted by Gasteiger charge is -2.20. The van der Waals surface area contributed by atoms with E-state index in [0.29, 0.717) is 18.2 Å². The molecule has 2 aromatic carbocycles. The Morgan fingerprint density at radius 3 is 2.47 bits per heavy atom. The van der Waals surface area contributed by atoms with Gasteiger partial charge in [-0.15, -0.1) is 24.0 Å². The Labute approximate surface area is 206 Å². The number of halogens is 1. The van der Waals surface area contributed by atoms with E-state index in [1.807, 2.05) is 25.1 Å². The maximum absolute atomic E-state index is 12.0. The summed E-state index contributed by atoms with van der Waals surface area (Å²) in [5, 5.41) is 9.31. The summed E-state index contributed by atoms with van der Waals surface area (Å²) in [6, 6.07) is 17.9. The maximum atomic E-state index is 12.0. The van der Waals surface area contributed by atoms with Crippen LogP contribution in [0.25, 0.3) is 0 Å². The minimum absolute atomic E-state index is 0. The summed E-state index contributed by atoms with van der Waals surface area (Å²) in [5.41, 5.74) is 7.76. The average molecular weight is 550 g/mol. The number of aliphatic imine (C=N–C) groups is 1. The molecule has 1 aliphatic rings. The zero-order valence-corrected chi connectivity index (χ0v) is 20.5. The van der Waals surface area contributed by atoms with Crippen LogP contribution in [0.15, 0.2) is 59.6 Å². The molecule has 2 amide bonds. The van der Waals surface area contributed by atoms with E-state index in [1.54, 1.807) is 12.1 Å². The van der Waals surface area contributed by atoms with Crippen molar-refractivity contribution in [3.8, 4) is 0 Å². The first-order valence-electron chi connectivity index (χ1n) is 10.6. The Morgan fingerprint density at radius 1 is 1.09 bits per heavy atom. The van der Waals surface area contributed by atoms with Gasteiger partial charge >= 0.3 is 0 Å². The number of guanidine groups is 1. The highest BCUT2D eigenvalue weighted by Gasteiger charge is 2.23. The lowest BCUT2D eigenvalue weighted by atomic mass is 10.1. The summed E-state index contributed by atoms with van der Waals surface area (Å²) < 4.78 is 0. The average Bonchev–Trinajstić information content (AvgIpc) is 3.25. The monoisotopic (exact) mass is 550 g/mol. The van der Waals surface area contributed by atoms with Crippen LogP contribution in [-0.4, -0.2) is 50.0 Å². The molecule has 2 aromatic rings. The molecule has 1 atom stereocenters. The fourth-order valence-corrected chi connectivity index (χ4v) is 3.47. The Bertz CT molecular complexity index is 904. The maximum Gasteiger partial charge on any atom is 0.251 e. The molecule has 0 bridgehead atoms. The van der Waals surface area contributed by atoms with Crippen LogP contribution < -0.4 is 26.6 Å². The van der Waals surface area contributed by atoms with Crippen LogP contribution in [0.4, 0.5) is 5.69 Å². The van der Waals surface area contributed by atoms with Crippen molar-refractivity contribution in [3.63, 3.8) is 0 Å². The van der Waals surface area contributed by atoms with Gasteiger partial charge in [0, 0.05) is 36.9 Å². The number of hydrogen-bond donors (Lipinski definition) is 4. The molecule has 172 valence electrons. The molecule has 32 heavy (non-hydrogen) atoms. The zero-order valence-electron chi connectivity index (χ0n) is 18.2. The third-order valence-corrected chi connectivity index (χ3v) is 5.05. The van der Waals surface area contributed by atoms with Crippen LogP contribution in [0.2, 0.25) is 0 Å². The van der Waals surface area contributed by atoms with Gasteiger partial charge < -0.3 is 26.6 Å². The van der Waals surface area contributed by atoms with Crippen molar-refractivity contribution in [2.24, 2.45) is 10.7 Å². The Kier molecular flexibility index (Phi) is 10.3. The van der Waals surface area contributed by atoms with E-state index < -0.39 is 5.91 Å². The quantitative estimate of drug-likeness (QED) is 0.228. The number of carbonyl (C=O) groups is 2. The third-order valence-electron chi connectivity index (χ3n) is 5.05. The van der Waals surface area contributed by atoms with Gasteiger partial charge in [-0.05, 0) is 43.2 Å². The number of carbonyl (C=O) groups excluding carboxylic acids is 2. The molecule has 1 saturated heterocycles. The minimum Gasteiger partial charge on any atom is -0.369 e. The Morgan fingerprint density at radius 2 is 1.81 bits per heavy atom. The predicted molar refractivity (Wildman–Crippen MR) is 138 cm³/mol. The molecule has 8 nitrogen and oxygen atoms in total. The summed E-state index contributed by atoms with van der Waals surface area (Å²) in [6.45, 7) is 5.09. The van der Waals surface area contributed by atoms with Gasteiger partial charge in [0.2, 0.25) is 5.91 Å². The number of anilines is 1. The smallest absolute Gasteiger partial charge is 0.251 e. The van der Waals surface area contributed by atoms with Crippen LogP contribution in [0.5, 0.6) is 0 Å². The highest BCUT2D eigenvalue weighted by molar-refractivity contribution is 14.0. The molecule has 1 fully saturated rings. The molecule has 9 heteroatoms. The number of benzene rings is 2. The fraction of sp³-hybridized carbons (Fsp3) is 0.348.